The normalized spacial score (nSPS) is 12.9. The van der Waals surface area contributed by atoms with E-state index >= 15 is 0 Å². The second-order valence-electron chi connectivity index (χ2n) is 6.69. The molecule has 8 heteroatoms. The summed E-state index contributed by atoms with van der Waals surface area (Å²) in [5.74, 6) is 1.22. The molecule has 1 aliphatic heterocycles. The first kappa shape index (κ1) is 16.9. The average Bonchev–Trinajstić information content (AvgIpc) is 3.17. The predicted octanol–water partition coefficient (Wildman–Crippen LogP) is 2.73. The summed E-state index contributed by atoms with van der Waals surface area (Å²) in [6, 6.07) is 8.99. The number of amides is 1. The number of imidazole rings is 1. The lowest BCUT2D eigenvalue weighted by Gasteiger charge is -2.16. The molecule has 2 heterocycles. The second-order valence-corrected chi connectivity index (χ2v) is 6.69. The molecule has 1 aliphatic rings. The van der Waals surface area contributed by atoms with E-state index in [-0.39, 0.29) is 6.10 Å². The molecule has 0 unspecified atom stereocenters. The summed E-state index contributed by atoms with van der Waals surface area (Å²) >= 11 is 0. The van der Waals surface area contributed by atoms with E-state index < -0.39 is 5.91 Å². The molecule has 1 amide bonds. The molecular weight excluding hydrogens is 344 g/mol. The summed E-state index contributed by atoms with van der Waals surface area (Å²) in [6.07, 6.45) is 0.597. The van der Waals surface area contributed by atoms with E-state index in [4.69, 9.17) is 16.2 Å². The second kappa shape index (κ2) is 6.31. The first-order chi connectivity index (χ1) is 12.9. The Hall–Kier alpha value is -3.55. The molecule has 6 N–H and O–H groups in total. The maximum Gasteiger partial charge on any atom is 0.248 e. The molecule has 0 bridgehead atoms. The third-order valence-corrected chi connectivity index (χ3v) is 4.24. The number of fused-ring (bicyclic) bond motifs is 3. The van der Waals surface area contributed by atoms with E-state index in [1.54, 1.807) is 18.2 Å². The number of aliphatic imine (C=N–C) groups is 1. The number of amidine groups is 1. The zero-order chi connectivity index (χ0) is 19.1. The quantitative estimate of drug-likeness (QED) is 0.565. The van der Waals surface area contributed by atoms with Crippen molar-refractivity contribution in [2.45, 2.75) is 26.4 Å². The largest absolute Gasteiger partial charge is 0.489 e. The van der Waals surface area contributed by atoms with Gasteiger partial charge in [-0.1, -0.05) is 6.07 Å². The van der Waals surface area contributed by atoms with Crippen LogP contribution in [0.4, 0.5) is 17.3 Å². The maximum absolute atomic E-state index is 11.6. The van der Waals surface area contributed by atoms with E-state index in [2.05, 4.69) is 20.3 Å². The van der Waals surface area contributed by atoms with Gasteiger partial charge >= 0.3 is 0 Å². The fourth-order valence-electron chi connectivity index (χ4n) is 3.11. The SMILES string of the molecule is CC(C)Oc1ccc(C(N)=O)cc1NC1=Nc2c(ccc3[nH]c(N)nc23)C1. The van der Waals surface area contributed by atoms with Crippen molar-refractivity contribution >= 4 is 40.1 Å². The average molecular weight is 364 g/mol. The van der Waals surface area contributed by atoms with Crippen LogP contribution >= 0.6 is 0 Å². The summed E-state index contributed by atoms with van der Waals surface area (Å²) in [7, 11) is 0. The maximum atomic E-state index is 11.6. The number of primary amides is 1. The first-order valence-corrected chi connectivity index (χ1v) is 8.63. The highest BCUT2D eigenvalue weighted by atomic mass is 16.5. The zero-order valence-electron chi connectivity index (χ0n) is 15.0. The van der Waals surface area contributed by atoms with Gasteiger partial charge in [0.15, 0.2) is 5.95 Å². The number of hydrogen-bond donors (Lipinski definition) is 4. The topological polar surface area (TPSA) is 131 Å². The number of aromatic amines is 1. The van der Waals surface area contributed by atoms with Gasteiger partial charge in [-0.2, -0.15) is 0 Å². The van der Waals surface area contributed by atoms with Crippen LogP contribution in [0.5, 0.6) is 5.75 Å². The molecule has 27 heavy (non-hydrogen) atoms. The van der Waals surface area contributed by atoms with Gasteiger partial charge in [0.25, 0.3) is 0 Å². The third-order valence-electron chi connectivity index (χ3n) is 4.24. The Kier molecular flexibility index (Phi) is 3.95. The summed E-state index contributed by atoms with van der Waals surface area (Å²) in [5, 5.41) is 3.28. The molecule has 0 radical (unpaired) electrons. The van der Waals surface area contributed by atoms with Crippen molar-refractivity contribution in [1.82, 2.24) is 9.97 Å². The number of nitrogens with one attached hydrogen (secondary N) is 2. The number of aromatic nitrogens is 2. The summed E-state index contributed by atoms with van der Waals surface area (Å²) in [6.45, 7) is 3.88. The molecular formula is C19H20N6O2. The van der Waals surface area contributed by atoms with Gasteiger partial charge in [0, 0.05) is 12.0 Å². The van der Waals surface area contributed by atoms with Crippen molar-refractivity contribution < 1.29 is 9.53 Å². The number of nitrogens with zero attached hydrogens (tertiary/aromatic N) is 2. The predicted molar refractivity (Wildman–Crippen MR) is 106 cm³/mol. The molecule has 1 aromatic heterocycles. The highest BCUT2D eigenvalue weighted by molar-refractivity contribution is 6.07. The summed E-state index contributed by atoms with van der Waals surface area (Å²) in [5.41, 5.74) is 15.6. The molecule has 2 aromatic carbocycles. The van der Waals surface area contributed by atoms with Gasteiger partial charge in [-0.05, 0) is 43.7 Å². The molecule has 3 aromatic rings. The Morgan fingerprint density at radius 3 is 2.85 bits per heavy atom. The Bertz CT molecular complexity index is 1080. The van der Waals surface area contributed by atoms with Crippen LogP contribution in [0.1, 0.15) is 29.8 Å². The molecule has 4 rings (SSSR count). The summed E-state index contributed by atoms with van der Waals surface area (Å²) < 4.78 is 5.84. The van der Waals surface area contributed by atoms with E-state index in [1.165, 1.54) is 0 Å². The fourth-order valence-corrected chi connectivity index (χ4v) is 3.11. The van der Waals surface area contributed by atoms with Crippen molar-refractivity contribution in [3.63, 3.8) is 0 Å². The van der Waals surface area contributed by atoms with Gasteiger partial charge in [-0.25, -0.2) is 9.98 Å². The number of ether oxygens (including phenoxy) is 1. The Morgan fingerprint density at radius 2 is 2.11 bits per heavy atom. The lowest BCUT2D eigenvalue weighted by Crippen LogP contribution is -2.16. The molecule has 0 saturated heterocycles. The minimum absolute atomic E-state index is 0.0145. The summed E-state index contributed by atoms with van der Waals surface area (Å²) in [4.78, 5) is 23.6. The Balaban J connectivity index is 1.70. The molecule has 0 aliphatic carbocycles. The van der Waals surface area contributed by atoms with Crippen LogP contribution < -0.4 is 21.5 Å². The monoisotopic (exact) mass is 364 g/mol. The number of carbonyl (C=O) groups is 1. The Morgan fingerprint density at radius 1 is 1.30 bits per heavy atom. The number of benzene rings is 2. The van der Waals surface area contributed by atoms with Gasteiger partial charge < -0.3 is 26.5 Å². The molecule has 138 valence electrons. The van der Waals surface area contributed by atoms with Crippen LogP contribution in [0.15, 0.2) is 35.3 Å². The standard InChI is InChI=1S/C19H20N6O2/c1-9(2)27-14-6-4-11(18(20)26)7-13(14)22-15-8-10-3-5-12-17(16(10)24-15)25-19(21)23-12/h3-7,9H,8H2,1-2H3,(H2,20,26)(H,22,24)(H3,21,23,25). The smallest absolute Gasteiger partial charge is 0.248 e. The first-order valence-electron chi connectivity index (χ1n) is 8.63. The van der Waals surface area contributed by atoms with Gasteiger partial charge in [0.2, 0.25) is 5.91 Å². The van der Waals surface area contributed by atoms with Gasteiger partial charge in [-0.3, -0.25) is 4.79 Å². The van der Waals surface area contributed by atoms with E-state index in [1.807, 2.05) is 26.0 Å². The number of anilines is 2. The van der Waals surface area contributed by atoms with Crippen LogP contribution in [0, 0.1) is 0 Å². The molecule has 0 saturated carbocycles. The lowest BCUT2D eigenvalue weighted by molar-refractivity contribution is 0.100. The minimum atomic E-state index is -0.500. The van der Waals surface area contributed by atoms with Crippen molar-refractivity contribution in [2.75, 3.05) is 11.1 Å². The highest BCUT2D eigenvalue weighted by Crippen LogP contribution is 2.35. The Labute approximate surface area is 155 Å². The van der Waals surface area contributed by atoms with Crippen molar-refractivity contribution in [2.24, 2.45) is 10.7 Å². The van der Waals surface area contributed by atoms with Crippen molar-refractivity contribution in [1.29, 1.82) is 0 Å². The van der Waals surface area contributed by atoms with Crippen molar-refractivity contribution in [3.05, 3.63) is 41.5 Å². The van der Waals surface area contributed by atoms with Gasteiger partial charge in [0.05, 0.1) is 23.0 Å². The fraction of sp³-hybridized carbons (Fsp3) is 0.211. The number of rotatable bonds is 4. The molecule has 8 nitrogen and oxygen atoms in total. The number of nitrogens with two attached hydrogens (primary N) is 2. The van der Waals surface area contributed by atoms with Gasteiger partial charge in [0.1, 0.15) is 17.1 Å². The minimum Gasteiger partial charge on any atom is -0.489 e. The van der Waals surface area contributed by atoms with Crippen LogP contribution in [-0.4, -0.2) is 27.8 Å². The molecule has 0 spiro atoms. The number of carbonyl (C=O) groups excluding carboxylic acids is 1. The number of H-pyrrole nitrogens is 1. The molecule has 0 fully saturated rings. The van der Waals surface area contributed by atoms with Crippen LogP contribution in [0.2, 0.25) is 0 Å². The highest BCUT2D eigenvalue weighted by Gasteiger charge is 2.20. The van der Waals surface area contributed by atoms with E-state index in [0.717, 1.165) is 28.1 Å². The van der Waals surface area contributed by atoms with Crippen molar-refractivity contribution in [3.8, 4) is 5.75 Å². The van der Waals surface area contributed by atoms with Crippen LogP contribution in [0.3, 0.4) is 0 Å². The van der Waals surface area contributed by atoms with Gasteiger partial charge in [-0.15, -0.1) is 0 Å². The third kappa shape index (κ3) is 3.17. The van der Waals surface area contributed by atoms with Crippen LogP contribution in [0.25, 0.3) is 11.0 Å². The van der Waals surface area contributed by atoms with Crippen LogP contribution in [-0.2, 0) is 6.42 Å². The number of hydrogen-bond acceptors (Lipinski definition) is 6. The molecule has 0 atom stereocenters. The zero-order valence-corrected chi connectivity index (χ0v) is 15.0. The lowest BCUT2D eigenvalue weighted by atomic mass is 10.1. The van der Waals surface area contributed by atoms with E-state index in [0.29, 0.717) is 29.4 Å². The number of nitrogen functional groups attached to an aromatic ring is 1. The van der Waals surface area contributed by atoms with E-state index in [9.17, 15) is 4.79 Å².